The van der Waals surface area contributed by atoms with Gasteiger partial charge < -0.3 is 19.9 Å². The van der Waals surface area contributed by atoms with Crippen LogP contribution < -0.4 is 5.32 Å². The fraction of sp³-hybridized carbons (Fsp3) is 1.00. The molecule has 0 aromatic heterocycles. The average Bonchev–Trinajstić information content (AvgIpc) is 2.45. The number of nitrogens with one attached hydrogen (secondary N) is 1. The van der Waals surface area contributed by atoms with Crippen LogP contribution in [0.2, 0.25) is 0 Å². The van der Waals surface area contributed by atoms with Crippen LogP contribution in [0.1, 0.15) is 45.4 Å². The van der Waals surface area contributed by atoms with Gasteiger partial charge in [0.15, 0.2) is 0 Å². The Morgan fingerprint density at radius 2 is 1.95 bits per heavy atom. The van der Waals surface area contributed by atoms with E-state index in [0.29, 0.717) is 32.4 Å². The van der Waals surface area contributed by atoms with Gasteiger partial charge in [0.2, 0.25) is 0 Å². The van der Waals surface area contributed by atoms with Crippen molar-refractivity contribution in [2.24, 2.45) is 5.92 Å². The number of rotatable bonds is 10. The predicted molar refractivity (Wildman–Crippen MR) is 77.4 cm³/mol. The van der Waals surface area contributed by atoms with E-state index >= 15 is 0 Å². The second-order valence-electron chi connectivity index (χ2n) is 5.54. The fourth-order valence-corrected chi connectivity index (χ4v) is 2.89. The lowest BCUT2D eigenvalue weighted by Gasteiger charge is -2.31. The average molecular weight is 273 g/mol. The van der Waals surface area contributed by atoms with Crippen LogP contribution in [0.3, 0.4) is 0 Å². The van der Waals surface area contributed by atoms with Crippen LogP contribution in [0.25, 0.3) is 0 Å². The van der Waals surface area contributed by atoms with Crippen molar-refractivity contribution in [3.8, 4) is 0 Å². The molecule has 0 amide bonds. The molecule has 0 bridgehead atoms. The highest BCUT2D eigenvalue weighted by Gasteiger charge is 2.22. The minimum atomic E-state index is -0.422. The van der Waals surface area contributed by atoms with E-state index in [4.69, 9.17) is 9.47 Å². The molecule has 1 fully saturated rings. The molecule has 1 aliphatic carbocycles. The number of aliphatic hydroxyl groups is 1. The Balaban J connectivity index is 2.13. The molecule has 1 saturated carbocycles. The second kappa shape index (κ2) is 10.6. The maximum Gasteiger partial charge on any atom is 0.0897 e. The summed E-state index contributed by atoms with van der Waals surface area (Å²) in [6.07, 6.45) is 7.52. The molecule has 114 valence electrons. The van der Waals surface area contributed by atoms with Crippen LogP contribution >= 0.6 is 0 Å². The number of ether oxygens (including phenoxy) is 2. The summed E-state index contributed by atoms with van der Waals surface area (Å²) in [5, 5.41) is 13.4. The first-order valence-electron chi connectivity index (χ1n) is 7.76. The Morgan fingerprint density at radius 3 is 2.58 bits per heavy atom. The highest BCUT2D eigenvalue weighted by Crippen LogP contribution is 2.27. The topological polar surface area (TPSA) is 50.7 Å². The van der Waals surface area contributed by atoms with Crippen LogP contribution in [0.5, 0.6) is 0 Å². The first-order chi connectivity index (χ1) is 9.27. The highest BCUT2D eigenvalue weighted by atomic mass is 16.5. The highest BCUT2D eigenvalue weighted by molar-refractivity contribution is 4.79. The van der Waals surface area contributed by atoms with E-state index < -0.39 is 6.10 Å². The molecular weight excluding hydrogens is 242 g/mol. The minimum absolute atomic E-state index is 0.386. The monoisotopic (exact) mass is 273 g/mol. The smallest absolute Gasteiger partial charge is 0.0897 e. The summed E-state index contributed by atoms with van der Waals surface area (Å²) < 4.78 is 10.2. The standard InChI is InChI=1S/C15H31NO3/c1-3-15(13-7-5-4-6-8-13)16-11-14(17)12-19-10-9-18-2/h13-17H,3-12H2,1-2H3. The zero-order valence-electron chi connectivity index (χ0n) is 12.6. The summed E-state index contributed by atoms with van der Waals surface area (Å²) in [7, 11) is 1.65. The summed E-state index contributed by atoms with van der Waals surface area (Å²) in [5.74, 6) is 0.792. The van der Waals surface area contributed by atoms with E-state index in [1.54, 1.807) is 7.11 Å². The van der Waals surface area contributed by atoms with Gasteiger partial charge in [-0.25, -0.2) is 0 Å². The van der Waals surface area contributed by atoms with Crippen LogP contribution in [0, 0.1) is 5.92 Å². The third-order valence-corrected chi connectivity index (χ3v) is 4.02. The van der Waals surface area contributed by atoms with Gasteiger partial charge in [-0.15, -0.1) is 0 Å². The van der Waals surface area contributed by atoms with Crippen molar-refractivity contribution in [2.45, 2.75) is 57.6 Å². The Labute approximate surface area is 117 Å². The van der Waals surface area contributed by atoms with Gasteiger partial charge in [0.25, 0.3) is 0 Å². The van der Waals surface area contributed by atoms with Crippen molar-refractivity contribution >= 4 is 0 Å². The lowest BCUT2D eigenvalue weighted by Crippen LogP contribution is -2.42. The maximum absolute atomic E-state index is 9.86. The summed E-state index contributed by atoms with van der Waals surface area (Å²) in [4.78, 5) is 0. The van der Waals surface area contributed by atoms with Gasteiger partial charge in [-0.05, 0) is 25.2 Å². The Morgan fingerprint density at radius 1 is 1.21 bits per heavy atom. The van der Waals surface area contributed by atoms with Crippen LogP contribution in [-0.4, -0.2) is 50.7 Å². The van der Waals surface area contributed by atoms with Gasteiger partial charge in [0, 0.05) is 19.7 Å². The predicted octanol–water partition coefficient (Wildman–Crippen LogP) is 1.96. The minimum Gasteiger partial charge on any atom is -0.389 e. The molecule has 0 spiro atoms. The maximum atomic E-state index is 9.86. The molecule has 2 atom stereocenters. The van der Waals surface area contributed by atoms with E-state index in [0.717, 1.165) is 12.3 Å². The Bertz CT molecular complexity index is 208. The van der Waals surface area contributed by atoms with Gasteiger partial charge in [-0.2, -0.15) is 0 Å². The normalized spacial score (nSPS) is 20.4. The molecule has 1 rings (SSSR count). The van der Waals surface area contributed by atoms with Gasteiger partial charge in [0.1, 0.15) is 0 Å². The number of methoxy groups -OCH3 is 1. The van der Waals surface area contributed by atoms with Gasteiger partial charge >= 0.3 is 0 Å². The van der Waals surface area contributed by atoms with Crippen molar-refractivity contribution in [1.29, 1.82) is 0 Å². The first-order valence-corrected chi connectivity index (χ1v) is 7.76. The molecule has 0 heterocycles. The van der Waals surface area contributed by atoms with E-state index in [1.165, 1.54) is 32.1 Å². The number of hydrogen-bond acceptors (Lipinski definition) is 4. The van der Waals surface area contributed by atoms with E-state index in [-0.39, 0.29) is 0 Å². The van der Waals surface area contributed by atoms with E-state index in [2.05, 4.69) is 12.2 Å². The summed E-state index contributed by atoms with van der Waals surface area (Å²) in [5.41, 5.74) is 0. The van der Waals surface area contributed by atoms with Gasteiger partial charge in [-0.3, -0.25) is 0 Å². The van der Waals surface area contributed by atoms with Crippen LogP contribution in [-0.2, 0) is 9.47 Å². The van der Waals surface area contributed by atoms with Crippen molar-refractivity contribution in [3.63, 3.8) is 0 Å². The molecule has 4 heteroatoms. The molecule has 2 unspecified atom stereocenters. The number of aliphatic hydroxyl groups excluding tert-OH is 1. The number of hydrogen-bond donors (Lipinski definition) is 2. The zero-order chi connectivity index (χ0) is 13.9. The summed E-state index contributed by atoms with van der Waals surface area (Å²) >= 11 is 0. The molecule has 1 aliphatic rings. The van der Waals surface area contributed by atoms with Gasteiger partial charge in [0.05, 0.1) is 25.9 Å². The largest absolute Gasteiger partial charge is 0.389 e. The third kappa shape index (κ3) is 7.25. The molecule has 19 heavy (non-hydrogen) atoms. The summed E-state index contributed by atoms with van der Waals surface area (Å²) in [6, 6.07) is 0.550. The first kappa shape index (κ1) is 16.9. The Kier molecular flexibility index (Phi) is 9.43. The second-order valence-corrected chi connectivity index (χ2v) is 5.54. The molecule has 0 aromatic carbocycles. The summed E-state index contributed by atoms with van der Waals surface area (Å²) in [6.45, 7) is 4.38. The van der Waals surface area contributed by atoms with E-state index in [9.17, 15) is 5.11 Å². The van der Waals surface area contributed by atoms with Crippen LogP contribution in [0.15, 0.2) is 0 Å². The quantitative estimate of drug-likeness (QED) is 0.597. The molecule has 0 saturated heterocycles. The van der Waals surface area contributed by atoms with Crippen molar-refractivity contribution in [3.05, 3.63) is 0 Å². The zero-order valence-corrected chi connectivity index (χ0v) is 12.6. The molecule has 4 nitrogen and oxygen atoms in total. The molecule has 0 aliphatic heterocycles. The molecule has 0 aromatic rings. The van der Waals surface area contributed by atoms with Crippen LogP contribution in [0.4, 0.5) is 0 Å². The SMILES string of the molecule is CCC(NCC(O)COCCOC)C1CCCCC1. The van der Waals surface area contributed by atoms with E-state index in [1.807, 2.05) is 0 Å². The molecular formula is C15H31NO3. The lowest BCUT2D eigenvalue weighted by atomic mass is 9.83. The van der Waals surface area contributed by atoms with Crippen molar-refractivity contribution in [2.75, 3.05) is 33.5 Å². The fourth-order valence-electron chi connectivity index (χ4n) is 2.89. The molecule has 2 N–H and O–H groups in total. The Hall–Kier alpha value is -0.160. The molecule has 0 radical (unpaired) electrons. The third-order valence-electron chi connectivity index (χ3n) is 4.02. The van der Waals surface area contributed by atoms with Crippen molar-refractivity contribution in [1.82, 2.24) is 5.32 Å². The lowest BCUT2D eigenvalue weighted by molar-refractivity contribution is 0.0118. The van der Waals surface area contributed by atoms with Crippen molar-refractivity contribution < 1.29 is 14.6 Å². The van der Waals surface area contributed by atoms with Gasteiger partial charge in [-0.1, -0.05) is 26.2 Å².